The second-order valence-corrected chi connectivity index (χ2v) is 8.60. The van der Waals surface area contributed by atoms with E-state index >= 15 is 0 Å². The lowest BCUT2D eigenvalue weighted by Crippen LogP contribution is -2.58. The number of nitrogens with zero attached hydrogens (tertiary/aromatic N) is 2. The number of carbonyl (C=O) groups excluding carboxylic acids is 2. The van der Waals surface area contributed by atoms with E-state index < -0.39 is 11.8 Å². The molecule has 7 heteroatoms. The number of rotatable bonds is 5. The predicted molar refractivity (Wildman–Crippen MR) is 101 cm³/mol. The fourth-order valence-electron chi connectivity index (χ4n) is 4.14. The summed E-state index contributed by atoms with van der Waals surface area (Å²) in [6, 6.07) is 0. The first-order chi connectivity index (χ1) is 11.6. The number of aliphatic hydroxyl groups is 1. The quantitative estimate of drug-likeness (QED) is 0.336. The van der Waals surface area contributed by atoms with Gasteiger partial charge in [-0.05, 0) is 42.3 Å². The molecule has 3 atom stereocenters. The molecule has 2 aliphatic rings. The summed E-state index contributed by atoms with van der Waals surface area (Å²) in [6.07, 6.45) is 5.02. The van der Waals surface area contributed by atoms with Crippen molar-refractivity contribution < 1.29 is 14.7 Å². The van der Waals surface area contributed by atoms with Gasteiger partial charge >= 0.3 is 0 Å². The molecule has 138 valence electrons. The van der Waals surface area contributed by atoms with Crippen LogP contribution in [0.1, 0.15) is 40.0 Å². The highest BCUT2D eigenvalue weighted by molar-refractivity contribution is 7.80. The second-order valence-electron chi connectivity index (χ2n) is 8.21. The zero-order chi connectivity index (χ0) is 18.8. The number of amides is 2. The Hall–Kier alpha value is -1.60. The molecule has 0 spiro atoms. The first-order valence-corrected chi connectivity index (χ1v) is 8.93. The van der Waals surface area contributed by atoms with Gasteiger partial charge in [0.15, 0.2) is 11.0 Å². The maximum absolute atomic E-state index is 12.5. The second kappa shape index (κ2) is 7.33. The molecule has 0 bridgehead atoms. The van der Waals surface area contributed by atoms with Crippen molar-refractivity contribution in [1.29, 1.82) is 0 Å². The highest BCUT2D eigenvalue weighted by Crippen LogP contribution is 2.46. The Bertz CT molecular complexity index is 617. The minimum absolute atomic E-state index is 0.0485. The van der Waals surface area contributed by atoms with Gasteiger partial charge in [-0.25, -0.2) is 0 Å². The van der Waals surface area contributed by atoms with Crippen molar-refractivity contribution in [3.05, 3.63) is 12.7 Å². The molecular weight excluding hydrogens is 338 g/mol. The molecule has 2 fully saturated rings. The third kappa shape index (κ3) is 4.73. The molecule has 1 saturated heterocycles. The van der Waals surface area contributed by atoms with Crippen LogP contribution in [0, 0.1) is 16.7 Å². The van der Waals surface area contributed by atoms with Gasteiger partial charge in [-0.15, -0.1) is 6.58 Å². The average molecular weight is 365 g/mol. The average Bonchev–Trinajstić information content (AvgIpc) is 2.44. The fraction of sp³-hybridized carbons (Fsp3) is 0.667. The standard InChI is InChI=1S/C18H27N3O3S/c1-5-6-21-15(24)13(14(23)20-16(21)25)9-19-11-18(4)8-12(22)7-17(2,3)10-18/h5,9,12-13,22H,1,6-8,10-11H2,2-4H3,(H,20,23,25)/t12-,13?,18+/m0/s1. The number of hydrogen-bond acceptors (Lipinski definition) is 5. The van der Waals surface area contributed by atoms with E-state index in [4.69, 9.17) is 12.2 Å². The molecule has 0 radical (unpaired) electrons. The van der Waals surface area contributed by atoms with Crippen LogP contribution in [0.2, 0.25) is 0 Å². The highest BCUT2D eigenvalue weighted by Gasteiger charge is 2.41. The van der Waals surface area contributed by atoms with Crippen LogP contribution in [0.3, 0.4) is 0 Å². The topological polar surface area (TPSA) is 82.0 Å². The minimum Gasteiger partial charge on any atom is -0.393 e. The number of aliphatic hydroxyl groups excluding tert-OH is 1. The third-order valence-electron chi connectivity index (χ3n) is 4.75. The van der Waals surface area contributed by atoms with Crippen molar-refractivity contribution in [2.24, 2.45) is 21.7 Å². The van der Waals surface area contributed by atoms with E-state index in [1.54, 1.807) is 6.08 Å². The Morgan fingerprint density at radius 2 is 2.08 bits per heavy atom. The summed E-state index contributed by atoms with van der Waals surface area (Å²) in [6.45, 7) is 10.7. The number of carbonyl (C=O) groups is 2. The van der Waals surface area contributed by atoms with Gasteiger partial charge in [0.2, 0.25) is 11.8 Å². The summed E-state index contributed by atoms with van der Waals surface area (Å²) in [7, 11) is 0. The van der Waals surface area contributed by atoms with Gasteiger partial charge in [0.25, 0.3) is 0 Å². The van der Waals surface area contributed by atoms with Gasteiger partial charge in [0.1, 0.15) is 0 Å². The summed E-state index contributed by atoms with van der Waals surface area (Å²) in [4.78, 5) is 30.2. The molecule has 0 aromatic rings. The molecule has 6 nitrogen and oxygen atoms in total. The monoisotopic (exact) mass is 365 g/mol. The largest absolute Gasteiger partial charge is 0.393 e. The summed E-state index contributed by atoms with van der Waals surface area (Å²) in [5, 5.41) is 12.8. The lowest BCUT2D eigenvalue weighted by atomic mass is 9.63. The van der Waals surface area contributed by atoms with Crippen LogP contribution >= 0.6 is 12.2 Å². The Morgan fingerprint density at radius 1 is 1.40 bits per heavy atom. The molecule has 1 aliphatic heterocycles. The minimum atomic E-state index is -0.975. The van der Waals surface area contributed by atoms with Crippen LogP contribution in [-0.2, 0) is 9.59 Å². The number of nitrogens with one attached hydrogen (secondary N) is 1. The molecule has 2 N–H and O–H groups in total. The molecule has 0 aromatic carbocycles. The highest BCUT2D eigenvalue weighted by atomic mass is 32.1. The molecule has 1 aliphatic carbocycles. The Kier molecular flexibility index (Phi) is 5.79. The van der Waals surface area contributed by atoms with Crippen molar-refractivity contribution in [2.75, 3.05) is 13.1 Å². The van der Waals surface area contributed by atoms with E-state index in [1.165, 1.54) is 11.1 Å². The van der Waals surface area contributed by atoms with Crippen molar-refractivity contribution in [3.63, 3.8) is 0 Å². The molecule has 1 heterocycles. The molecule has 2 rings (SSSR count). The maximum Gasteiger partial charge on any atom is 0.247 e. The van der Waals surface area contributed by atoms with Crippen molar-refractivity contribution >= 4 is 35.4 Å². The van der Waals surface area contributed by atoms with E-state index in [9.17, 15) is 14.7 Å². The van der Waals surface area contributed by atoms with E-state index in [0.29, 0.717) is 13.0 Å². The van der Waals surface area contributed by atoms with E-state index in [-0.39, 0.29) is 34.5 Å². The molecule has 2 amide bonds. The Morgan fingerprint density at radius 3 is 2.68 bits per heavy atom. The van der Waals surface area contributed by atoms with Gasteiger partial charge < -0.3 is 10.4 Å². The van der Waals surface area contributed by atoms with Crippen LogP contribution < -0.4 is 5.32 Å². The molecule has 25 heavy (non-hydrogen) atoms. The first kappa shape index (κ1) is 19.7. The van der Waals surface area contributed by atoms with Crippen molar-refractivity contribution in [1.82, 2.24) is 10.2 Å². The van der Waals surface area contributed by atoms with Crippen LogP contribution in [0.25, 0.3) is 0 Å². The van der Waals surface area contributed by atoms with Gasteiger partial charge in [-0.3, -0.25) is 19.5 Å². The third-order valence-corrected chi connectivity index (χ3v) is 5.07. The van der Waals surface area contributed by atoms with Gasteiger partial charge in [-0.1, -0.05) is 26.8 Å². The van der Waals surface area contributed by atoms with E-state index in [2.05, 4.69) is 37.7 Å². The van der Waals surface area contributed by atoms with Crippen LogP contribution in [0.15, 0.2) is 17.6 Å². The van der Waals surface area contributed by atoms with Crippen molar-refractivity contribution in [2.45, 2.75) is 46.1 Å². The lowest BCUT2D eigenvalue weighted by molar-refractivity contribution is -0.137. The van der Waals surface area contributed by atoms with Crippen LogP contribution in [-0.4, -0.2) is 52.3 Å². The number of hydrogen-bond donors (Lipinski definition) is 2. The molecular formula is C18H27N3O3S. The summed E-state index contributed by atoms with van der Waals surface area (Å²) >= 11 is 5.02. The van der Waals surface area contributed by atoms with E-state index in [0.717, 1.165) is 12.8 Å². The lowest BCUT2D eigenvalue weighted by Gasteiger charge is -2.44. The predicted octanol–water partition coefficient (Wildman–Crippen LogP) is 1.68. The van der Waals surface area contributed by atoms with Crippen molar-refractivity contribution in [3.8, 4) is 0 Å². The smallest absolute Gasteiger partial charge is 0.247 e. The van der Waals surface area contributed by atoms with E-state index in [1.807, 2.05) is 0 Å². The maximum atomic E-state index is 12.5. The normalized spacial score (nSPS) is 32.8. The fourth-order valence-corrected chi connectivity index (χ4v) is 4.41. The first-order valence-electron chi connectivity index (χ1n) is 8.52. The van der Waals surface area contributed by atoms with Crippen LogP contribution in [0.4, 0.5) is 0 Å². The summed E-state index contributed by atoms with van der Waals surface area (Å²) in [5.41, 5.74) is -0.102. The summed E-state index contributed by atoms with van der Waals surface area (Å²) in [5.74, 6) is -1.81. The van der Waals surface area contributed by atoms with Gasteiger partial charge in [0, 0.05) is 19.3 Å². The van der Waals surface area contributed by atoms with Gasteiger partial charge in [-0.2, -0.15) is 0 Å². The summed E-state index contributed by atoms with van der Waals surface area (Å²) < 4.78 is 0. The van der Waals surface area contributed by atoms with Gasteiger partial charge in [0.05, 0.1) is 6.10 Å². The van der Waals surface area contributed by atoms with Crippen LogP contribution in [0.5, 0.6) is 0 Å². The molecule has 1 saturated carbocycles. The zero-order valence-corrected chi connectivity index (χ0v) is 15.9. The Labute approximate surface area is 154 Å². The Balaban J connectivity index is 2.07. The SMILES string of the molecule is C=CCN1C(=O)C(C=NC[C@]2(C)C[C@@H](O)CC(C)(C)C2)C(=O)NC1=S. The molecule has 1 unspecified atom stereocenters. The number of aliphatic imine (C=N–C) groups is 1. The zero-order valence-electron chi connectivity index (χ0n) is 15.1. The number of thiocarbonyl (C=S) groups is 1. The molecule has 0 aromatic heterocycles.